The summed E-state index contributed by atoms with van der Waals surface area (Å²) < 4.78 is 0. The SMILES string of the molecule is C[C@H]1C[C@@H](Nc2ncnc3[nH]ccc23)CN1Cc1ccccc1. The van der Waals surface area contributed by atoms with Crippen LogP contribution in [0.4, 0.5) is 5.82 Å². The van der Waals surface area contributed by atoms with E-state index >= 15 is 0 Å². The second-order valence-electron chi connectivity index (χ2n) is 6.30. The number of likely N-dealkylation sites (tertiary alicyclic amines) is 1. The largest absolute Gasteiger partial charge is 0.365 e. The first-order valence-electron chi connectivity index (χ1n) is 8.12. The fraction of sp³-hybridized carbons (Fsp3) is 0.333. The Hall–Kier alpha value is -2.40. The summed E-state index contributed by atoms with van der Waals surface area (Å²) in [5.74, 6) is 0.926. The molecular formula is C18H21N5. The topological polar surface area (TPSA) is 56.8 Å². The van der Waals surface area contributed by atoms with Crippen molar-refractivity contribution in [3.05, 3.63) is 54.5 Å². The Labute approximate surface area is 135 Å². The summed E-state index contributed by atoms with van der Waals surface area (Å²) in [4.78, 5) is 14.3. The van der Waals surface area contributed by atoms with E-state index in [0.29, 0.717) is 12.1 Å². The Balaban J connectivity index is 1.46. The van der Waals surface area contributed by atoms with Crippen LogP contribution >= 0.6 is 0 Å². The fourth-order valence-electron chi connectivity index (χ4n) is 3.42. The van der Waals surface area contributed by atoms with Gasteiger partial charge in [-0.05, 0) is 25.0 Å². The standard InChI is InChI=1S/C18H21N5/c1-13-9-15(11-23(13)10-14-5-3-2-4-6-14)22-18-16-7-8-19-17(16)20-12-21-18/h2-8,12-13,15H,9-11H2,1H3,(H2,19,20,21,22)/t13-,15+/m0/s1. The molecule has 118 valence electrons. The van der Waals surface area contributed by atoms with Gasteiger partial charge in [-0.3, -0.25) is 4.90 Å². The van der Waals surface area contributed by atoms with Gasteiger partial charge in [0.25, 0.3) is 0 Å². The molecular weight excluding hydrogens is 286 g/mol. The summed E-state index contributed by atoms with van der Waals surface area (Å²) in [7, 11) is 0. The van der Waals surface area contributed by atoms with E-state index in [1.54, 1.807) is 6.33 Å². The van der Waals surface area contributed by atoms with Gasteiger partial charge in [0.05, 0.1) is 5.39 Å². The van der Waals surface area contributed by atoms with Crippen LogP contribution in [0.2, 0.25) is 0 Å². The number of aromatic amines is 1. The van der Waals surface area contributed by atoms with Crippen molar-refractivity contribution >= 4 is 16.9 Å². The number of nitrogens with one attached hydrogen (secondary N) is 2. The van der Waals surface area contributed by atoms with Gasteiger partial charge in [-0.1, -0.05) is 30.3 Å². The Bertz CT molecular complexity index is 782. The summed E-state index contributed by atoms with van der Waals surface area (Å²) >= 11 is 0. The van der Waals surface area contributed by atoms with Crippen LogP contribution in [0.5, 0.6) is 0 Å². The summed E-state index contributed by atoms with van der Waals surface area (Å²) in [5, 5.41) is 4.66. The Morgan fingerprint density at radius 3 is 2.96 bits per heavy atom. The molecule has 2 aromatic heterocycles. The lowest BCUT2D eigenvalue weighted by Gasteiger charge is -2.21. The molecule has 2 atom stereocenters. The minimum atomic E-state index is 0.418. The molecule has 0 saturated carbocycles. The zero-order chi connectivity index (χ0) is 15.6. The van der Waals surface area contributed by atoms with Gasteiger partial charge in [-0.2, -0.15) is 0 Å². The van der Waals surface area contributed by atoms with E-state index in [4.69, 9.17) is 0 Å². The van der Waals surface area contributed by atoms with E-state index in [9.17, 15) is 0 Å². The summed E-state index contributed by atoms with van der Waals surface area (Å²) in [5.41, 5.74) is 2.25. The molecule has 0 amide bonds. The predicted octanol–water partition coefficient (Wildman–Crippen LogP) is 3.03. The molecule has 1 fully saturated rings. The Morgan fingerprint density at radius 2 is 2.09 bits per heavy atom. The molecule has 5 nitrogen and oxygen atoms in total. The number of fused-ring (bicyclic) bond motifs is 1. The maximum atomic E-state index is 4.42. The molecule has 1 aromatic carbocycles. The van der Waals surface area contributed by atoms with Crippen LogP contribution in [0.3, 0.4) is 0 Å². The van der Waals surface area contributed by atoms with Crippen molar-refractivity contribution < 1.29 is 0 Å². The fourth-order valence-corrected chi connectivity index (χ4v) is 3.42. The molecule has 0 bridgehead atoms. The normalized spacial score (nSPS) is 21.8. The number of hydrogen-bond donors (Lipinski definition) is 2. The number of anilines is 1. The minimum Gasteiger partial charge on any atom is -0.365 e. The Morgan fingerprint density at radius 1 is 1.22 bits per heavy atom. The van der Waals surface area contributed by atoms with E-state index in [1.807, 2.05) is 12.3 Å². The highest BCUT2D eigenvalue weighted by atomic mass is 15.2. The van der Waals surface area contributed by atoms with Crippen LogP contribution in [0.15, 0.2) is 48.9 Å². The third-order valence-electron chi connectivity index (χ3n) is 4.63. The van der Waals surface area contributed by atoms with E-state index in [-0.39, 0.29) is 0 Å². The molecule has 2 N–H and O–H groups in total. The second kappa shape index (κ2) is 6.01. The highest BCUT2D eigenvalue weighted by Crippen LogP contribution is 2.25. The first-order chi connectivity index (χ1) is 11.3. The van der Waals surface area contributed by atoms with Crippen LogP contribution in [0.1, 0.15) is 18.9 Å². The lowest BCUT2D eigenvalue weighted by Crippen LogP contribution is -2.28. The molecule has 0 unspecified atom stereocenters. The molecule has 5 heteroatoms. The van der Waals surface area contributed by atoms with Crippen LogP contribution in [-0.2, 0) is 6.54 Å². The summed E-state index contributed by atoms with van der Waals surface area (Å²) in [6.45, 7) is 4.34. The third kappa shape index (κ3) is 2.92. The third-order valence-corrected chi connectivity index (χ3v) is 4.63. The smallest absolute Gasteiger partial charge is 0.142 e. The molecule has 3 heterocycles. The quantitative estimate of drug-likeness (QED) is 0.778. The molecule has 1 saturated heterocycles. The monoisotopic (exact) mass is 307 g/mol. The number of rotatable bonds is 4. The number of nitrogens with zero attached hydrogens (tertiary/aromatic N) is 3. The molecule has 1 aliphatic heterocycles. The van der Waals surface area contributed by atoms with Gasteiger partial charge in [0.1, 0.15) is 17.8 Å². The van der Waals surface area contributed by atoms with Crippen molar-refractivity contribution in [2.75, 3.05) is 11.9 Å². The van der Waals surface area contributed by atoms with Crippen LogP contribution in [-0.4, -0.2) is 38.5 Å². The maximum absolute atomic E-state index is 4.42. The molecule has 0 aliphatic carbocycles. The lowest BCUT2D eigenvalue weighted by molar-refractivity contribution is 0.259. The minimum absolute atomic E-state index is 0.418. The Kier molecular flexibility index (Phi) is 3.71. The van der Waals surface area contributed by atoms with E-state index in [2.05, 4.69) is 62.4 Å². The van der Waals surface area contributed by atoms with Crippen LogP contribution in [0, 0.1) is 0 Å². The maximum Gasteiger partial charge on any atom is 0.142 e. The summed E-state index contributed by atoms with van der Waals surface area (Å²) in [6, 6.07) is 13.7. The highest BCUT2D eigenvalue weighted by Gasteiger charge is 2.29. The average Bonchev–Trinajstić information content (AvgIpc) is 3.16. The number of hydrogen-bond acceptors (Lipinski definition) is 4. The first kappa shape index (κ1) is 14.2. The van der Waals surface area contributed by atoms with E-state index in [1.165, 1.54) is 5.56 Å². The molecule has 23 heavy (non-hydrogen) atoms. The molecule has 0 radical (unpaired) electrons. The van der Waals surface area contributed by atoms with E-state index < -0.39 is 0 Å². The van der Waals surface area contributed by atoms with Gasteiger partial charge in [-0.15, -0.1) is 0 Å². The molecule has 4 rings (SSSR count). The van der Waals surface area contributed by atoms with Crippen molar-refractivity contribution in [3.8, 4) is 0 Å². The number of benzene rings is 1. The number of aromatic nitrogens is 3. The van der Waals surface area contributed by atoms with Crippen molar-refractivity contribution in [3.63, 3.8) is 0 Å². The molecule has 3 aromatic rings. The second-order valence-corrected chi connectivity index (χ2v) is 6.30. The zero-order valence-corrected chi connectivity index (χ0v) is 13.2. The van der Waals surface area contributed by atoms with Gasteiger partial charge in [0, 0.05) is 31.4 Å². The van der Waals surface area contributed by atoms with Crippen LogP contribution < -0.4 is 5.32 Å². The zero-order valence-electron chi connectivity index (χ0n) is 13.2. The van der Waals surface area contributed by atoms with Gasteiger partial charge >= 0.3 is 0 Å². The molecule has 0 spiro atoms. The van der Waals surface area contributed by atoms with Gasteiger partial charge in [0.2, 0.25) is 0 Å². The van der Waals surface area contributed by atoms with Gasteiger partial charge in [0.15, 0.2) is 0 Å². The van der Waals surface area contributed by atoms with Gasteiger partial charge < -0.3 is 10.3 Å². The van der Waals surface area contributed by atoms with Crippen molar-refractivity contribution in [2.45, 2.75) is 32.0 Å². The first-order valence-corrected chi connectivity index (χ1v) is 8.12. The van der Waals surface area contributed by atoms with Crippen molar-refractivity contribution in [1.29, 1.82) is 0 Å². The lowest BCUT2D eigenvalue weighted by atomic mass is 10.2. The average molecular weight is 307 g/mol. The van der Waals surface area contributed by atoms with Crippen molar-refractivity contribution in [1.82, 2.24) is 19.9 Å². The van der Waals surface area contributed by atoms with Crippen LogP contribution in [0.25, 0.3) is 11.0 Å². The number of H-pyrrole nitrogens is 1. The van der Waals surface area contributed by atoms with E-state index in [0.717, 1.165) is 36.4 Å². The van der Waals surface area contributed by atoms with Gasteiger partial charge in [-0.25, -0.2) is 9.97 Å². The summed E-state index contributed by atoms with van der Waals surface area (Å²) in [6.07, 6.45) is 4.65. The molecule has 1 aliphatic rings. The predicted molar refractivity (Wildman–Crippen MR) is 92.2 cm³/mol. The van der Waals surface area contributed by atoms with Crippen molar-refractivity contribution in [2.24, 2.45) is 0 Å². The highest BCUT2D eigenvalue weighted by molar-refractivity contribution is 5.86.